The molecule has 1 aliphatic rings. The lowest BCUT2D eigenvalue weighted by Crippen LogP contribution is -2.29. The molecule has 0 spiro atoms. The number of rotatable bonds is 2. The average Bonchev–Trinajstić information content (AvgIpc) is 2.87. The van der Waals surface area contributed by atoms with Crippen LogP contribution < -0.4 is 0 Å². The van der Waals surface area contributed by atoms with Gasteiger partial charge in [-0.25, -0.2) is 0 Å². The third-order valence-electron chi connectivity index (χ3n) is 4.31. The predicted octanol–water partition coefficient (Wildman–Crippen LogP) is 4.38. The van der Waals surface area contributed by atoms with Gasteiger partial charge in [0.1, 0.15) is 0 Å². The van der Waals surface area contributed by atoms with Crippen molar-refractivity contribution in [1.29, 1.82) is 0 Å². The molecule has 106 valence electrons. The van der Waals surface area contributed by atoms with E-state index in [4.69, 9.17) is 11.6 Å². The van der Waals surface area contributed by atoms with Gasteiger partial charge < -0.3 is 4.98 Å². The van der Waals surface area contributed by atoms with Gasteiger partial charge in [0.2, 0.25) is 0 Å². The highest BCUT2D eigenvalue weighted by Crippen LogP contribution is 2.28. The van der Waals surface area contributed by atoms with E-state index in [-0.39, 0.29) is 0 Å². The molecule has 2 aromatic carbocycles. The van der Waals surface area contributed by atoms with Crippen molar-refractivity contribution >= 4 is 22.5 Å². The number of fused-ring (bicyclic) bond motifs is 3. The molecule has 0 radical (unpaired) electrons. The molecule has 0 bridgehead atoms. The fourth-order valence-corrected chi connectivity index (χ4v) is 3.45. The van der Waals surface area contributed by atoms with Crippen molar-refractivity contribution < 1.29 is 0 Å². The molecule has 21 heavy (non-hydrogen) atoms. The van der Waals surface area contributed by atoms with Crippen LogP contribution in [0.1, 0.15) is 16.8 Å². The Morgan fingerprint density at radius 1 is 1.05 bits per heavy atom. The summed E-state index contributed by atoms with van der Waals surface area (Å²) in [5.74, 6) is 0. The monoisotopic (exact) mass is 296 g/mol. The Hall–Kier alpha value is -1.77. The Balaban J connectivity index is 1.61. The predicted molar refractivity (Wildman–Crippen MR) is 87.6 cm³/mol. The third kappa shape index (κ3) is 2.35. The molecule has 2 heterocycles. The molecule has 3 heteroatoms. The summed E-state index contributed by atoms with van der Waals surface area (Å²) < 4.78 is 0. The lowest BCUT2D eigenvalue weighted by Gasteiger charge is -2.27. The van der Waals surface area contributed by atoms with Crippen molar-refractivity contribution in [3.05, 3.63) is 70.4 Å². The number of benzene rings is 2. The number of nitrogens with one attached hydrogen (secondary N) is 1. The van der Waals surface area contributed by atoms with Gasteiger partial charge in [0.05, 0.1) is 0 Å². The van der Waals surface area contributed by atoms with E-state index in [1.165, 1.54) is 27.7 Å². The van der Waals surface area contributed by atoms with E-state index in [0.717, 1.165) is 31.1 Å². The molecule has 0 aliphatic carbocycles. The SMILES string of the molecule is Clc1ccccc1CN1CCc2c([nH]c3ccccc23)C1. The van der Waals surface area contributed by atoms with E-state index >= 15 is 0 Å². The third-order valence-corrected chi connectivity index (χ3v) is 4.68. The van der Waals surface area contributed by atoms with Crippen LogP contribution >= 0.6 is 11.6 Å². The zero-order chi connectivity index (χ0) is 14.2. The van der Waals surface area contributed by atoms with Crippen LogP contribution in [0.25, 0.3) is 10.9 Å². The smallest absolute Gasteiger partial charge is 0.0459 e. The molecule has 0 saturated heterocycles. The minimum absolute atomic E-state index is 0.861. The Morgan fingerprint density at radius 3 is 2.76 bits per heavy atom. The maximum absolute atomic E-state index is 6.27. The van der Waals surface area contributed by atoms with Crippen LogP contribution in [0.5, 0.6) is 0 Å². The van der Waals surface area contributed by atoms with Crippen LogP contribution in [0.2, 0.25) is 5.02 Å². The van der Waals surface area contributed by atoms with Gasteiger partial charge in [-0.1, -0.05) is 48.0 Å². The summed E-state index contributed by atoms with van der Waals surface area (Å²) in [6.45, 7) is 2.96. The van der Waals surface area contributed by atoms with Gasteiger partial charge in [0.25, 0.3) is 0 Å². The van der Waals surface area contributed by atoms with Crippen molar-refractivity contribution in [3.8, 4) is 0 Å². The quantitative estimate of drug-likeness (QED) is 0.743. The standard InChI is InChI=1S/C18H17ClN2/c19-16-7-3-1-5-13(16)11-21-10-9-15-14-6-2-4-8-17(14)20-18(15)12-21/h1-8,20H,9-12H2. The Bertz CT molecular complexity index is 791. The van der Waals surface area contributed by atoms with Crippen LogP contribution in [0.3, 0.4) is 0 Å². The van der Waals surface area contributed by atoms with Crippen molar-refractivity contribution in [2.45, 2.75) is 19.5 Å². The molecule has 4 rings (SSSR count). The highest BCUT2D eigenvalue weighted by molar-refractivity contribution is 6.31. The largest absolute Gasteiger partial charge is 0.357 e. The molecule has 0 saturated carbocycles. The number of para-hydroxylation sites is 1. The number of nitrogens with zero attached hydrogens (tertiary/aromatic N) is 1. The van der Waals surface area contributed by atoms with Crippen molar-refractivity contribution in [2.24, 2.45) is 0 Å². The number of halogens is 1. The normalized spacial score (nSPS) is 15.3. The van der Waals surface area contributed by atoms with Gasteiger partial charge in [-0.05, 0) is 29.7 Å². The van der Waals surface area contributed by atoms with Gasteiger partial charge in [0, 0.05) is 41.3 Å². The second kappa shape index (κ2) is 5.21. The van der Waals surface area contributed by atoms with E-state index in [0.29, 0.717) is 0 Å². The summed E-state index contributed by atoms with van der Waals surface area (Å²) in [5, 5.41) is 2.24. The number of hydrogen-bond donors (Lipinski definition) is 1. The van der Waals surface area contributed by atoms with Crippen molar-refractivity contribution in [3.63, 3.8) is 0 Å². The molecule has 1 aliphatic heterocycles. The fraction of sp³-hybridized carbons (Fsp3) is 0.222. The van der Waals surface area contributed by atoms with Crippen LogP contribution in [0.4, 0.5) is 0 Å². The van der Waals surface area contributed by atoms with Crippen LogP contribution in [-0.4, -0.2) is 16.4 Å². The summed E-state index contributed by atoms with van der Waals surface area (Å²) in [5.41, 5.74) is 5.30. The van der Waals surface area contributed by atoms with Crippen LogP contribution in [0, 0.1) is 0 Å². The van der Waals surface area contributed by atoms with Gasteiger partial charge >= 0.3 is 0 Å². The summed E-state index contributed by atoms with van der Waals surface area (Å²) in [4.78, 5) is 6.03. The lowest BCUT2D eigenvalue weighted by molar-refractivity contribution is 0.243. The van der Waals surface area contributed by atoms with E-state index in [1.54, 1.807) is 0 Å². The Kier molecular flexibility index (Phi) is 3.21. The molecular formula is C18H17ClN2. The molecule has 3 aromatic rings. The second-order valence-corrected chi connectivity index (χ2v) is 6.09. The first-order valence-corrected chi connectivity index (χ1v) is 7.73. The minimum Gasteiger partial charge on any atom is -0.357 e. The van der Waals surface area contributed by atoms with Crippen molar-refractivity contribution in [2.75, 3.05) is 6.54 Å². The van der Waals surface area contributed by atoms with E-state index < -0.39 is 0 Å². The summed E-state index contributed by atoms with van der Waals surface area (Å²) in [6, 6.07) is 16.7. The van der Waals surface area contributed by atoms with Crippen LogP contribution in [0.15, 0.2) is 48.5 Å². The molecule has 0 unspecified atom stereocenters. The topological polar surface area (TPSA) is 19.0 Å². The molecular weight excluding hydrogens is 280 g/mol. The first kappa shape index (κ1) is 12.9. The summed E-state index contributed by atoms with van der Waals surface area (Å²) >= 11 is 6.27. The van der Waals surface area contributed by atoms with Gasteiger partial charge in [0.15, 0.2) is 0 Å². The van der Waals surface area contributed by atoms with E-state index in [9.17, 15) is 0 Å². The zero-order valence-corrected chi connectivity index (χ0v) is 12.5. The zero-order valence-electron chi connectivity index (χ0n) is 11.8. The van der Waals surface area contributed by atoms with Crippen LogP contribution in [-0.2, 0) is 19.5 Å². The molecule has 1 aromatic heterocycles. The first-order valence-electron chi connectivity index (χ1n) is 7.35. The Labute approximate surface area is 129 Å². The molecule has 0 fully saturated rings. The first-order chi connectivity index (χ1) is 10.3. The van der Waals surface area contributed by atoms with Gasteiger partial charge in [-0.15, -0.1) is 0 Å². The van der Waals surface area contributed by atoms with Gasteiger partial charge in [-0.2, -0.15) is 0 Å². The molecule has 1 N–H and O–H groups in total. The number of hydrogen-bond acceptors (Lipinski definition) is 1. The molecule has 0 atom stereocenters. The molecule has 2 nitrogen and oxygen atoms in total. The summed E-state index contributed by atoms with van der Waals surface area (Å²) in [7, 11) is 0. The highest BCUT2D eigenvalue weighted by Gasteiger charge is 2.20. The maximum atomic E-state index is 6.27. The van der Waals surface area contributed by atoms with Crippen molar-refractivity contribution in [1.82, 2.24) is 9.88 Å². The summed E-state index contributed by atoms with van der Waals surface area (Å²) in [6.07, 6.45) is 1.10. The minimum atomic E-state index is 0.861. The fourth-order valence-electron chi connectivity index (χ4n) is 3.25. The average molecular weight is 297 g/mol. The van der Waals surface area contributed by atoms with Gasteiger partial charge in [-0.3, -0.25) is 4.90 Å². The molecule has 0 amide bonds. The number of aromatic amines is 1. The van der Waals surface area contributed by atoms with E-state index in [2.05, 4.69) is 46.3 Å². The lowest BCUT2D eigenvalue weighted by atomic mass is 10.0. The number of aromatic nitrogens is 1. The van der Waals surface area contributed by atoms with E-state index in [1.807, 2.05) is 12.1 Å². The Morgan fingerprint density at radius 2 is 1.86 bits per heavy atom. The highest BCUT2D eigenvalue weighted by atomic mass is 35.5. The maximum Gasteiger partial charge on any atom is 0.0459 e. The second-order valence-electron chi connectivity index (χ2n) is 5.68. The number of H-pyrrole nitrogens is 1.